The van der Waals surface area contributed by atoms with Crippen molar-refractivity contribution in [3.05, 3.63) is 34.6 Å². The van der Waals surface area contributed by atoms with E-state index < -0.39 is 5.54 Å². The molecule has 0 atom stereocenters. The summed E-state index contributed by atoms with van der Waals surface area (Å²) in [6.07, 6.45) is 1.53. The van der Waals surface area contributed by atoms with E-state index in [1.54, 1.807) is 0 Å². The lowest BCUT2D eigenvalue weighted by Gasteiger charge is -2.20. The van der Waals surface area contributed by atoms with E-state index in [1.165, 1.54) is 0 Å². The molecule has 0 radical (unpaired) electrons. The molecule has 0 aliphatic heterocycles. The van der Waals surface area contributed by atoms with Gasteiger partial charge >= 0.3 is 0 Å². The van der Waals surface area contributed by atoms with Crippen LogP contribution in [0.3, 0.4) is 0 Å². The molecule has 96 valence electrons. The van der Waals surface area contributed by atoms with Gasteiger partial charge in [0.25, 0.3) is 0 Å². The average Bonchev–Trinajstić information content (AvgIpc) is 2.88. The summed E-state index contributed by atoms with van der Waals surface area (Å²) in [5, 5.41) is 4.01. The molecule has 1 aromatic carbocycles. The van der Waals surface area contributed by atoms with Gasteiger partial charge in [0.05, 0.1) is 5.54 Å². The topological polar surface area (TPSA) is 64.9 Å². The largest absolute Gasteiger partial charge is 0.337 e. The van der Waals surface area contributed by atoms with Crippen LogP contribution in [-0.4, -0.2) is 10.1 Å². The van der Waals surface area contributed by atoms with E-state index in [9.17, 15) is 0 Å². The minimum atomic E-state index is -0.535. The van der Waals surface area contributed by atoms with Gasteiger partial charge in [-0.25, -0.2) is 0 Å². The summed E-state index contributed by atoms with van der Waals surface area (Å²) in [5.74, 6) is 1.06. The van der Waals surface area contributed by atoms with Gasteiger partial charge in [0.2, 0.25) is 11.7 Å². The third kappa shape index (κ3) is 2.33. The Labute approximate surface area is 115 Å². The molecule has 18 heavy (non-hydrogen) atoms. The normalized spacial score (nSPS) is 11.8. The summed E-state index contributed by atoms with van der Waals surface area (Å²) < 4.78 is 6.25. The van der Waals surface area contributed by atoms with E-state index >= 15 is 0 Å². The predicted molar refractivity (Wildman–Crippen MR) is 73.9 cm³/mol. The smallest absolute Gasteiger partial charge is 0.247 e. The van der Waals surface area contributed by atoms with Crippen molar-refractivity contribution in [1.82, 2.24) is 10.1 Å². The average molecular weight is 310 g/mol. The number of nitrogens with zero attached hydrogens (tertiary/aromatic N) is 2. The standard InChI is InChI=1S/C13H16BrN3O/c1-3-13(15,4-2)12-16-11(17-18-12)9-7-5-6-8-10(9)14/h5-8H,3-4,15H2,1-2H3. The Balaban J connectivity index is 2.40. The number of benzene rings is 1. The molecule has 0 amide bonds. The van der Waals surface area contributed by atoms with Gasteiger partial charge in [0, 0.05) is 10.0 Å². The fourth-order valence-electron chi connectivity index (χ4n) is 1.73. The van der Waals surface area contributed by atoms with Crippen molar-refractivity contribution in [3.63, 3.8) is 0 Å². The number of aromatic nitrogens is 2. The van der Waals surface area contributed by atoms with Crippen LogP contribution in [0.1, 0.15) is 32.6 Å². The van der Waals surface area contributed by atoms with Crippen molar-refractivity contribution in [2.75, 3.05) is 0 Å². The molecule has 4 nitrogen and oxygen atoms in total. The number of nitrogens with two attached hydrogens (primary N) is 1. The molecule has 0 aliphatic rings. The maximum absolute atomic E-state index is 6.24. The molecule has 0 unspecified atom stereocenters. The Hall–Kier alpha value is -1.20. The zero-order valence-corrected chi connectivity index (χ0v) is 12.1. The van der Waals surface area contributed by atoms with E-state index in [0.717, 1.165) is 22.9 Å². The van der Waals surface area contributed by atoms with Gasteiger partial charge in [-0.3, -0.25) is 0 Å². The van der Waals surface area contributed by atoms with Crippen LogP contribution in [0.15, 0.2) is 33.3 Å². The molecule has 1 heterocycles. The first-order valence-corrected chi connectivity index (χ1v) is 6.78. The van der Waals surface area contributed by atoms with Crippen molar-refractivity contribution in [1.29, 1.82) is 0 Å². The summed E-state index contributed by atoms with van der Waals surface area (Å²) in [4.78, 5) is 4.42. The molecule has 2 rings (SSSR count). The van der Waals surface area contributed by atoms with Crippen LogP contribution in [0.25, 0.3) is 11.4 Å². The zero-order chi connectivity index (χ0) is 13.2. The molecular formula is C13H16BrN3O. The number of rotatable bonds is 4. The lowest BCUT2D eigenvalue weighted by Crippen LogP contribution is -2.35. The third-order valence-corrected chi connectivity index (χ3v) is 3.92. The molecule has 1 aromatic heterocycles. The highest BCUT2D eigenvalue weighted by Gasteiger charge is 2.30. The summed E-state index contributed by atoms with van der Waals surface area (Å²) in [6, 6.07) is 7.76. The Morgan fingerprint density at radius 2 is 1.94 bits per heavy atom. The van der Waals surface area contributed by atoms with E-state index in [2.05, 4.69) is 26.1 Å². The fraction of sp³-hybridized carbons (Fsp3) is 0.385. The molecule has 2 N–H and O–H groups in total. The maximum Gasteiger partial charge on any atom is 0.247 e. The molecule has 0 spiro atoms. The van der Waals surface area contributed by atoms with Crippen LogP contribution < -0.4 is 5.73 Å². The molecule has 0 saturated carbocycles. The highest BCUT2D eigenvalue weighted by molar-refractivity contribution is 9.10. The second-order valence-electron chi connectivity index (χ2n) is 4.27. The molecule has 0 saturated heterocycles. The molecule has 2 aromatic rings. The van der Waals surface area contributed by atoms with Crippen LogP contribution in [0.5, 0.6) is 0 Å². The first-order valence-electron chi connectivity index (χ1n) is 5.98. The predicted octanol–water partition coefficient (Wildman–Crippen LogP) is 3.47. The highest BCUT2D eigenvalue weighted by Crippen LogP contribution is 2.29. The summed E-state index contributed by atoms with van der Waals surface area (Å²) in [6.45, 7) is 4.04. The molecule has 0 aliphatic carbocycles. The summed E-state index contributed by atoms with van der Waals surface area (Å²) >= 11 is 3.47. The van der Waals surface area contributed by atoms with Crippen molar-refractivity contribution in [2.24, 2.45) is 5.73 Å². The van der Waals surface area contributed by atoms with Crippen LogP contribution in [-0.2, 0) is 5.54 Å². The first kappa shape index (κ1) is 13.2. The molecule has 0 fully saturated rings. The van der Waals surface area contributed by atoms with E-state index in [-0.39, 0.29) is 0 Å². The Kier molecular flexibility index (Phi) is 3.82. The summed E-state index contributed by atoms with van der Waals surface area (Å²) in [7, 11) is 0. The lowest BCUT2D eigenvalue weighted by atomic mass is 9.94. The number of halogens is 1. The van der Waals surface area contributed by atoms with Crippen molar-refractivity contribution >= 4 is 15.9 Å². The number of hydrogen-bond acceptors (Lipinski definition) is 4. The minimum Gasteiger partial charge on any atom is -0.337 e. The third-order valence-electron chi connectivity index (χ3n) is 3.23. The van der Waals surface area contributed by atoms with Gasteiger partial charge in [0.15, 0.2) is 0 Å². The molecule has 5 heteroatoms. The minimum absolute atomic E-state index is 0.498. The molecular weight excluding hydrogens is 294 g/mol. The van der Waals surface area contributed by atoms with E-state index in [1.807, 2.05) is 38.1 Å². The van der Waals surface area contributed by atoms with Gasteiger partial charge in [-0.15, -0.1) is 0 Å². The second kappa shape index (κ2) is 5.20. The zero-order valence-electron chi connectivity index (χ0n) is 10.5. The lowest BCUT2D eigenvalue weighted by molar-refractivity contribution is 0.268. The van der Waals surface area contributed by atoms with Crippen LogP contribution >= 0.6 is 15.9 Å². The van der Waals surface area contributed by atoms with Gasteiger partial charge in [-0.1, -0.05) is 47.1 Å². The highest BCUT2D eigenvalue weighted by atomic mass is 79.9. The maximum atomic E-state index is 6.24. The van der Waals surface area contributed by atoms with Gasteiger partial charge in [-0.05, 0) is 25.0 Å². The van der Waals surface area contributed by atoms with Crippen LogP contribution in [0.2, 0.25) is 0 Å². The van der Waals surface area contributed by atoms with Crippen molar-refractivity contribution in [3.8, 4) is 11.4 Å². The first-order chi connectivity index (χ1) is 8.60. The Bertz CT molecular complexity index is 535. The van der Waals surface area contributed by atoms with Crippen LogP contribution in [0, 0.1) is 0 Å². The van der Waals surface area contributed by atoms with E-state index in [0.29, 0.717) is 11.7 Å². The van der Waals surface area contributed by atoms with Gasteiger partial charge in [-0.2, -0.15) is 4.98 Å². The van der Waals surface area contributed by atoms with Crippen molar-refractivity contribution in [2.45, 2.75) is 32.2 Å². The summed E-state index contributed by atoms with van der Waals surface area (Å²) in [5.41, 5.74) is 6.61. The Morgan fingerprint density at radius 1 is 1.28 bits per heavy atom. The van der Waals surface area contributed by atoms with Gasteiger partial charge in [0.1, 0.15) is 0 Å². The second-order valence-corrected chi connectivity index (χ2v) is 5.12. The van der Waals surface area contributed by atoms with Gasteiger partial charge < -0.3 is 10.3 Å². The van der Waals surface area contributed by atoms with Crippen molar-refractivity contribution < 1.29 is 4.52 Å². The monoisotopic (exact) mass is 309 g/mol. The number of hydrogen-bond donors (Lipinski definition) is 1. The fourth-order valence-corrected chi connectivity index (χ4v) is 2.19. The van der Waals surface area contributed by atoms with E-state index in [4.69, 9.17) is 10.3 Å². The van der Waals surface area contributed by atoms with Crippen LogP contribution in [0.4, 0.5) is 0 Å². The molecule has 0 bridgehead atoms. The quantitative estimate of drug-likeness (QED) is 0.939. The Morgan fingerprint density at radius 3 is 2.56 bits per heavy atom. The SMILES string of the molecule is CCC(N)(CC)c1nc(-c2ccccc2Br)no1.